The van der Waals surface area contributed by atoms with Crippen LogP contribution in [0.15, 0.2) is 42.6 Å². The number of nitrogens with two attached hydrogens (primary N) is 1. The third kappa shape index (κ3) is 6.45. The average molecular weight is 563 g/mol. The van der Waals surface area contributed by atoms with Gasteiger partial charge in [-0.3, -0.25) is 4.79 Å². The molecule has 0 spiro atoms. The van der Waals surface area contributed by atoms with Crippen molar-refractivity contribution in [1.82, 2.24) is 25.2 Å². The van der Waals surface area contributed by atoms with Crippen molar-refractivity contribution < 1.29 is 31.9 Å². The molecule has 13 heteroatoms. The van der Waals surface area contributed by atoms with E-state index >= 15 is 0 Å². The largest absolute Gasteiger partial charge is 0.445 e. The fourth-order valence-electron chi connectivity index (χ4n) is 5.31. The minimum absolute atomic E-state index is 0.0303. The molecule has 9 nitrogen and oxygen atoms in total. The number of benzene rings is 1. The Morgan fingerprint density at radius 3 is 2.62 bits per heavy atom. The highest BCUT2D eigenvalue weighted by Gasteiger charge is 2.42. The number of rotatable bonds is 7. The number of nitrogens with one attached hydrogen (secondary N) is 2. The van der Waals surface area contributed by atoms with E-state index in [0.29, 0.717) is 11.3 Å². The molecular formula is C27H30F4N6O3. The molecule has 3 heterocycles. The predicted octanol–water partition coefficient (Wildman–Crippen LogP) is 4.42. The summed E-state index contributed by atoms with van der Waals surface area (Å²) in [6, 6.07) is 9.85. The van der Waals surface area contributed by atoms with Crippen LogP contribution in [0, 0.1) is 11.8 Å². The van der Waals surface area contributed by atoms with E-state index in [1.807, 2.05) is 30.3 Å². The molecule has 0 bridgehead atoms. The van der Waals surface area contributed by atoms with Gasteiger partial charge in [-0.1, -0.05) is 30.3 Å². The maximum Gasteiger partial charge on any atom is 0.408 e. The fraction of sp³-hybridized carbons (Fsp3) is 0.481. The van der Waals surface area contributed by atoms with E-state index in [4.69, 9.17) is 10.5 Å². The Labute approximate surface area is 227 Å². The van der Waals surface area contributed by atoms with Crippen molar-refractivity contribution in [3.05, 3.63) is 59.5 Å². The van der Waals surface area contributed by atoms with Crippen LogP contribution in [0.1, 0.15) is 55.1 Å². The molecule has 40 heavy (non-hydrogen) atoms. The standard InChI is InChI=1S/C27H30F4N6O3/c28-26(29)8-6-17(7-9-26)23(35-25(39)40-14-16-4-2-1-3-5-16)21-13-37-22(34-21)11-19(32)20(36-37)10-18-12-27(30,31)15-33-24(18)38/h1-5,11,13,17-18,23H,6-10,12,14-15,32H2,(H,33,38)(H,35,39)/t18?,23-/m0/s1. The van der Waals surface area contributed by atoms with Crippen LogP contribution in [0.25, 0.3) is 5.65 Å². The van der Waals surface area contributed by atoms with Crippen LogP contribution < -0.4 is 16.4 Å². The van der Waals surface area contributed by atoms with Gasteiger partial charge in [-0.2, -0.15) is 5.10 Å². The Bertz CT molecular complexity index is 1370. The van der Waals surface area contributed by atoms with E-state index in [0.717, 1.165) is 5.56 Å². The fourth-order valence-corrected chi connectivity index (χ4v) is 5.31. The zero-order valence-corrected chi connectivity index (χ0v) is 21.6. The molecule has 1 aliphatic heterocycles. The van der Waals surface area contributed by atoms with Crippen LogP contribution >= 0.6 is 0 Å². The zero-order valence-electron chi connectivity index (χ0n) is 21.6. The molecule has 0 radical (unpaired) electrons. The molecule has 2 fully saturated rings. The molecule has 5 rings (SSSR count). The first-order valence-corrected chi connectivity index (χ1v) is 13.1. The van der Waals surface area contributed by atoms with E-state index in [-0.39, 0.29) is 56.0 Å². The lowest BCUT2D eigenvalue weighted by atomic mass is 9.81. The highest BCUT2D eigenvalue weighted by Crippen LogP contribution is 2.41. The number of aromatic nitrogens is 3. The van der Waals surface area contributed by atoms with Gasteiger partial charge in [0.1, 0.15) is 6.61 Å². The number of alkyl carbamates (subject to hydrolysis) is 1. The van der Waals surface area contributed by atoms with Gasteiger partial charge in [-0.15, -0.1) is 0 Å². The zero-order chi connectivity index (χ0) is 28.5. The van der Waals surface area contributed by atoms with Gasteiger partial charge in [0.05, 0.1) is 35.9 Å². The van der Waals surface area contributed by atoms with Gasteiger partial charge in [0.15, 0.2) is 5.65 Å². The highest BCUT2D eigenvalue weighted by molar-refractivity contribution is 5.80. The lowest BCUT2D eigenvalue weighted by Crippen LogP contribution is -2.48. The molecule has 2 atom stereocenters. The molecule has 1 aliphatic carbocycles. The van der Waals surface area contributed by atoms with Crippen molar-refractivity contribution >= 4 is 23.3 Å². The summed E-state index contributed by atoms with van der Waals surface area (Å²) < 4.78 is 62.3. The molecule has 1 saturated heterocycles. The number of carbonyl (C=O) groups excluding carboxylic acids is 2. The van der Waals surface area contributed by atoms with E-state index in [2.05, 4.69) is 20.7 Å². The summed E-state index contributed by atoms with van der Waals surface area (Å²) in [5, 5.41) is 9.43. The molecule has 4 N–H and O–H groups in total. The molecule has 3 aromatic rings. The minimum atomic E-state index is -3.02. The Hall–Kier alpha value is -3.90. The molecule has 214 valence electrons. The number of halogens is 4. The number of nitrogens with zero attached hydrogens (tertiary/aromatic N) is 3. The van der Waals surface area contributed by atoms with Crippen LogP contribution in [0.5, 0.6) is 0 Å². The molecule has 2 aliphatic rings. The lowest BCUT2D eigenvalue weighted by molar-refractivity contribution is -0.136. The first-order valence-electron chi connectivity index (χ1n) is 13.1. The molecular weight excluding hydrogens is 532 g/mol. The van der Waals surface area contributed by atoms with Crippen molar-refractivity contribution in [2.24, 2.45) is 11.8 Å². The van der Waals surface area contributed by atoms with Gasteiger partial charge in [-0.05, 0) is 24.3 Å². The number of carbonyl (C=O) groups is 2. The quantitative estimate of drug-likeness (QED) is 0.367. The molecule has 1 unspecified atom stereocenters. The summed E-state index contributed by atoms with van der Waals surface area (Å²) in [6.07, 6.45) is -0.189. The SMILES string of the molecule is Nc1cc2nc([C@@H](NC(=O)OCc3ccccc3)C3CCC(F)(F)CC3)cn2nc1CC1CC(F)(F)CNC1=O. The molecule has 1 aromatic carbocycles. The predicted molar refractivity (Wildman–Crippen MR) is 137 cm³/mol. The van der Waals surface area contributed by atoms with Gasteiger partial charge in [-0.25, -0.2) is 31.9 Å². The van der Waals surface area contributed by atoms with Crippen molar-refractivity contribution in [1.29, 1.82) is 0 Å². The van der Waals surface area contributed by atoms with E-state index in [1.165, 1.54) is 10.6 Å². The number of hydrogen-bond acceptors (Lipinski definition) is 6. The number of ether oxygens (including phenoxy) is 1. The summed E-state index contributed by atoms with van der Waals surface area (Å²) in [5.74, 6) is -7.62. The van der Waals surface area contributed by atoms with Crippen LogP contribution in [0.2, 0.25) is 0 Å². The van der Waals surface area contributed by atoms with Crippen LogP contribution in [0.3, 0.4) is 0 Å². The van der Waals surface area contributed by atoms with Gasteiger partial charge < -0.3 is 21.1 Å². The maximum absolute atomic E-state index is 13.9. The van der Waals surface area contributed by atoms with Crippen molar-refractivity contribution in [2.75, 3.05) is 12.3 Å². The second-order valence-corrected chi connectivity index (χ2v) is 10.6. The minimum Gasteiger partial charge on any atom is -0.445 e. The van der Waals surface area contributed by atoms with Gasteiger partial charge in [0, 0.05) is 37.7 Å². The normalized spacial score (nSPS) is 21.5. The number of alkyl halides is 4. The van der Waals surface area contributed by atoms with E-state index < -0.39 is 48.8 Å². The highest BCUT2D eigenvalue weighted by atomic mass is 19.3. The topological polar surface area (TPSA) is 124 Å². The monoisotopic (exact) mass is 562 g/mol. The Morgan fingerprint density at radius 1 is 1.18 bits per heavy atom. The Kier molecular flexibility index (Phi) is 7.56. The van der Waals surface area contributed by atoms with Gasteiger partial charge in [0.25, 0.3) is 5.92 Å². The second-order valence-electron chi connectivity index (χ2n) is 10.6. The van der Waals surface area contributed by atoms with Crippen molar-refractivity contribution in [3.8, 4) is 0 Å². The summed E-state index contributed by atoms with van der Waals surface area (Å²) in [6.45, 7) is -0.674. The van der Waals surface area contributed by atoms with Crippen LogP contribution in [0.4, 0.5) is 28.0 Å². The molecule has 2 amide bonds. The number of hydrogen-bond donors (Lipinski definition) is 3. The smallest absolute Gasteiger partial charge is 0.408 e. The van der Waals surface area contributed by atoms with E-state index in [9.17, 15) is 27.2 Å². The van der Waals surface area contributed by atoms with Crippen LogP contribution in [-0.4, -0.2) is 45.0 Å². The summed E-state index contributed by atoms with van der Waals surface area (Å²) in [5.41, 5.74) is 8.05. The third-order valence-electron chi connectivity index (χ3n) is 7.49. The number of amides is 2. The number of fused-ring (bicyclic) bond motifs is 1. The first-order chi connectivity index (χ1) is 19.0. The van der Waals surface area contributed by atoms with E-state index in [1.54, 1.807) is 6.20 Å². The summed E-state index contributed by atoms with van der Waals surface area (Å²) in [7, 11) is 0. The summed E-state index contributed by atoms with van der Waals surface area (Å²) >= 11 is 0. The van der Waals surface area contributed by atoms with Crippen LogP contribution in [-0.2, 0) is 22.6 Å². The second kappa shape index (κ2) is 10.9. The molecule has 2 aromatic heterocycles. The third-order valence-corrected chi connectivity index (χ3v) is 7.49. The number of anilines is 1. The number of imidazole rings is 1. The number of piperidine rings is 1. The average Bonchev–Trinajstić information content (AvgIpc) is 3.31. The van der Waals surface area contributed by atoms with Gasteiger partial charge >= 0.3 is 6.09 Å². The first kappa shape index (κ1) is 27.7. The van der Waals surface area contributed by atoms with Gasteiger partial charge in [0.2, 0.25) is 11.8 Å². The van der Waals surface area contributed by atoms with Crippen molar-refractivity contribution in [2.45, 2.75) is 63.0 Å². The molecule has 1 saturated carbocycles. The maximum atomic E-state index is 13.9. The Morgan fingerprint density at radius 2 is 1.90 bits per heavy atom. The number of nitrogen functional groups attached to an aromatic ring is 1. The lowest BCUT2D eigenvalue weighted by Gasteiger charge is -2.33. The van der Waals surface area contributed by atoms with Crippen molar-refractivity contribution in [3.63, 3.8) is 0 Å². The Balaban J connectivity index is 1.37. The summed E-state index contributed by atoms with van der Waals surface area (Å²) in [4.78, 5) is 29.5.